The van der Waals surface area contributed by atoms with Crippen LogP contribution in [0.1, 0.15) is 48.9 Å². The second-order valence-electron chi connectivity index (χ2n) is 10.2. The van der Waals surface area contributed by atoms with Crippen LogP contribution in [-0.4, -0.2) is 41.5 Å². The number of ether oxygens (including phenoxy) is 2. The maximum atomic E-state index is 12.5. The summed E-state index contributed by atoms with van der Waals surface area (Å²) in [7, 11) is 0. The molecule has 1 aliphatic rings. The first-order valence-electron chi connectivity index (χ1n) is 12.5. The largest absolute Gasteiger partial charge is 0.480 e. The number of carboxylic acid groups (broad SMARTS) is 1. The monoisotopic (exact) mass is 516 g/mol. The summed E-state index contributed by atoms with van der Waals surface area (Å²) in [5.41, 5.74) is 5.34. The smallest absolute Gasteiger partial charge is 0.408 e. The maximum absolute atomic E-state index is 12.5. The van der Waals surface area contributed by atoms with Gasteiger partial charge in [0.2, 0.25) is 0 Å². The molecule has 0 fully saturated rings. The van der Waals surface area contributed by atoms with E-state index >= 15 is 0 Å². The summed E-state index contributed by atoms with van der Waals surface area (Å²) >= 11 is 0. The molecule has 3 aromatic carbocycles. The third-order valence-corrected chi connectivity index (χ3v) is 6.20. The first-order chi connectivity index (χ1) is 18.1. The number of hydrogen-bond donors (Lipinski definition) is 3. The van der Waals surface area contributed by atoms with Crippen molar-refractivity contribution in [2.24, 2.45) is 0 Å². The molecule has 0 radical (unpaired) electrons. The fourth-order valence-corrected chi connectivity index (χ4v) is 4.58. The van der Waals surface area contributed by atoms with E-state index < -0.39 is 29.8 Å². The summed E-state index contributed by atoms with van der Waals surface area (Å²) in [6.45, 7) is 5.54. The van der Waals surface area contributed by atoms with Crippen LogP contribution in [0.4, 0.5) is 9.59 Å². The number of carboxylic acids is 1. The van der Waals surface area contributed by atoms with Crippen molar-refractivity contribution in [3.63, 3.8) is 0 Å². The number of amides is 2. The summed E-state index contributed by atoms with van der Waals surface area (Å²) in [5.74, 6) is -1.19. The predicted octanol–water partition coefficient (Wildman–Crippen LogP) is 5.25. The standard InChI is InChI=1S/C30H32N2O6/c1-30(2,3)38-29(36)32-26(27(33)34)16-19-9-8-10-20(15-19)17-31-28(35)37-18-25-23-13-6-4-11-21(23)22-12-5-7-14-24(22)25/h4-15,25-26H,16-18H2,1-3H3,(H,31,35)(H,32,36)(H,33,34)/t26-/m1/s1. The van der Waals surface area contributed by atoms with E-state index in [0.29, 0.717) is 5.56 Å². The Morgan fingerprint density at radius 2 is 1.47 bits per heavy atom. The lowest BCUT2D eigenvalue weighted by Crippen LogP contribution is -2.44. The van der Waals surface area contributed by atoms with Gasteiger partial charge in [0.05, 0.1) is 0 Å². The maximum Gasteiger partial charge on any atom is 0.408 e. The van der Waals surface area contributed by atoms with Crippen molar-refractivity contribution in [2.75, 3.05) is 6.61 Å². The summed E-state index contributed by atoms with van der Waals surface area (Å²) in [6, 6.07) is 22.3. The van der Waals surface area contributed by atoms with Crippen LogP contribution in [-0.2, 0) is 27.2 Å². The lowest BCUT2D eigenvalue weighted by Gasteiger charge is -2.22. The van der Waals surface area contributed by atoms with Gasteiger partial charge in [0.15, 0.2) is 0 Å². The number of nitrogens with one attached hydrogen (secondary N) is 2. The van der Waals surface area contributed by atoms with E-state index in [1.165, 1.54) is 0 Å². The Labute approximate surface area is 222 Å². The quantitative estimate of drug-likeness (QED) is 0.377. The molecule has 38 heavy (non-hydrogen) atoms. The lowest BCUT2D eigenvalue weighted by atomic mass is 9.98. The van der Waals surface area contributed by atoms with Crippen LogP contribution in [0.5, 0.6) is 0 Å². The van der Waals surface area contributed by atoms with Gasteiger partial charge in [-0.25, -0.2) is 14.4 Å². The fourth-order valence-electron chi connectivity index (χ4n) is 4.58. The summed E-state index contributed by atoms with van der Waals surface area (Å²) in [4.78, 5) is 36.3. The van der Waals surface area contributed by atoms with E-state index in [1.54, 1.807) is 39.0 Å². The number of rotatable bonds is 8. The molecule has 0 aromatic heterocycles. The van der Waals surface area contributed by atoms with E-state index in [1.807, 2.05) is 30.3 Å². The fraction of sp³-hybridized carbons (Fsp3) is 0.300. The van der Waals surface area contributed by atoms with E-state index in [4.69, 9.17) is 9.47 Å². The molecule has 0 spiro atoms. The number of fused-ring (bicyclic) bond motifs is 3. The van der Waals surface area contributed by atoms with Crippen LogP contribution < -0.4 is 10.6 Å². The van der Waals surface area contributed by atoms with Crippen LogP contribution in [0.15, 0.2) is 72.8 Å². The number of aliphatic carboxylic acids is 1. The normalized spacial score (nSPS) is 13.1. The average Bonchev–Trinajstić information content (AvgIpc) is 3.18. The molecule has 3 aromatic rings. The summed E-state index contributed by atoms with van der Waals surface area (Å²) < 4.78 is 10.8. The zero-order valence-corrected chi connectivity index (χ0v) is 21.7. The Morgan fingerprint density at radius 3 is 2.08 bits per heavy atom. The highest BCUT2D eigenvalue weighted by Crippen LogP contribution is 2.44. The zero-order valence-electron chi connectivity index (χ0n) is 21.7. The third-order valence-electron chi connectivity index (χ3n) is 6.20. The van der Waals surface area contributed by atoms with Gasteiger partial charge in [0.1, 0.15) is 18.2 Å². The predicted molar refractivity (Wildman–Crippen MR) is 143 cm³/mol. The van der Waals surface area contributed by atoms with Crippen molar-refractivity contribution in [2.45, 2.75) is 51.3 Å². The molecule has 2 amide bonds. The molecule has 8 heteroatoms. The third kappa shape index (κ3) is 6.70. The van der Waals surface area contributed by atoms with Crippen molar-refractivity contribution in [3.8, 4) is 11.1 Å². The summed E-state index contributed by atoms with van der Waals surface area (Å²) in [5, 5.41) is 14.7. The van der Waals surface area contributed by atoms with Crippen LogP contribution in [0.3, 0.4) is 0 Å². The minimum Gasteiger partial charge on any atom is -0.480 e. The molecule has 0 heterocycles. The minimum absolute atomic E-state index is 0.0260. The van der Waals surface area contributed by atoms with Gasteiger partial charge in [-0.1, -0.05) is 72.8 Å². The Kier molecular flexibility index (Phi) is 8.00. The molecule has 0 bridgehead atoms. The SMILES string of the molecule is CC(C)(C)OC(=O)N[C@H](Cc1cccc(CNC(=O)OCC2c3ccccc3-c3ccccc32)c1)C(=O)O. The molecule has 1 aliphatic carbocycles. The van der Waals surface area contributed by atoms with Crippen molar-refractivity contribution in [1.82, 2.24) is 10.6 Å². The molecule has 0 saturated heterocycles. The van der Waals surface area contributed by atoms with Gasteiger partial charge in [-0.05, 0) is 54.2 Å². The van der Waals surface area contributed by atoms with Gasteiger partial charge in [0, 0.05) is 18.9 Å². The van der Waals surface area contributed by atoms with Gasteiger partial charge in [-0.2, -0.15) is 0 Å². The van der Waals surface area contributed by atoms with Crippen molar-refractivity contribution in [1.29, 1.82) is 0 Å². The molecule has 0 unspecified atom stereocenters. The van der Waals surface area contributed by atoms with Crippen LogP contribution in [0, 0.1) is 0 Å². The van der Waals surface area contributed by atoms with Gasteiger partial charge >= 0.3 is 18.2 Å². The van der Waals surface area contributed by atoms with Crippen molar-refractivity contribution >= 4 is 18.2 Å². The molecule has 0 aliphatic heterocycles. The van der Waals surface area contributed by atoms with E-state index in [-0.39, 0.29) is 25.5 Å². The zero-order chi connectivity index (χ0) is 27.3. The Hall–Kier alpha value is -4.33. The van der Waals surface area contributed by atoms with Crippen LogP contribution in [0.25, 0.3) is 11.1 Å². The van der Waals surface area contributed by atoms with Gasteiger partial charge < -0.3 is 25.2 Å². The number of carbonyl (C=O) groups excluding carboxylic acids is 2. The Balaban J connectivity index is 1.32. The second-order valence-corrected chi connectivity index (χ2v) is 10.2. The van der Waals surface area contributed by atoms with Gasteiger partial charge in [0.25, 0.3) is 0 Å². The number of alkyl carbamates (subject to hydrolysis) is 2. The molecule has 198 valence electrons. The molecular formula is C30H32N2O6. The van der Waals surface area contributed by atoms with Crippen molar-refractivity contribution in [3.05, 3.63) is 95.1 Å². The first-order valence-corrected chi connectivity index (χ1v) is 12.5. The number of benzene rings is 3. The van der Waals surface area contributed by atoms with Crippen LogP contribution in [0.2, 0.25) is 0 Å². The van der Waals surface area contributed by atoms with Gasteiger partial charge in [-0.15, -0.1) is 0 Å². The Bertz CT molecular complexity index is 1280. The van der Waals surface area contributed by atoms with E-state index in [0.717, 1.165) is 27.8 Å². The van der Waals surface area contributed by atoms with E-state index in [9.17, 15) is 19.5 Å². The highest BCUT2D eigenvalue weighted by Gasteiger charge is 2.29. The summed E-state index contributed by atoms with van der Waals surface area (Å²) in [6.07, 6.45) is -1.27. The second kappa shape index (κ2) is 11.4. The van der Waals surface area contributed by atoms with Crippen LogP contribution >= 0.6 is 0 Å². The average molecular weight is 517 g/mol. The highest BCUT2D eigenvalue weighted by atomic mass is 16.6. The molecule has 1 atom stereocenters. The topological polar surface area (TPSA) is 114 Å². The first kappa shape index (κ1) is 26.7. The number of carbonyl (C=O) groups is 3. The molecule has 4 rings (SSSR count). The molecular weight excluding hydrogens is 484 g/mol. The molecule has 0 saturated carbocycles. The lowest BCUT2D eigenvalue weighted by molar-refractivity contribution is -0.139. The minimum atomic E-state index is -1.17. The Morgan fingerprint density at radius 1 is 0.868 bits per heavy atom. The van der Waals surface area contributed by atoms with E-state index in [2.05, 4.69) is 34.9 Å². The van der Waals surface area contributed by atoms with Gasteiger partial charge in [-0.3, -0.25) is 0 Å². The molecule has 8 nitrogen and oxygen atoms in total. The van der Waals surface area contributed by atoms with Crippen molar-refractivity contribution < 1.29 is 29.0 Å². The number of hydrogen-bond acceptors (Lipinski definition) is 5. The molecule has 3 N–H and O–H groups in total. The highest BCUT2D eigenvalue weighted by molar-refractivity contribution is 5.80.